The molecule has 6 heteroatoms. The Kier molecular flexibility index (Phi) is 3.62. The van der Waals surface area contributed by atoms with Crippen LogP contribution in [0, 0.1) is 6.92 Å². The van der Waals surface area contributed by atoms with E-state index in [0.29, 0.717) is 16.7 Å². The van der Waals surface area contributed by atoms with Gasteiger partial charge in [0.15, 0.2) is 5.65 Å². The molecule has 3 aromatic rings. The lowest BCUT2D eigenvalue weighted by atomic mass is 10.2. The van der Waals surface area contributed by atoms with E-state index in [4.69, 9.17) is 0 Å². The summed E-state index contributed by atoms with van der Waals surface area (Å²) < 4.78 is 1.00. The lowest BCUT2D eigenvalue weighted by molar-refractivity contribution is 0.102. The van der Waals surface area contributed by atoms with Crippen molar-refractivity contribution >= 4 is 38.7 Å². The highest BCUT2D eigenvalue weighted by molar-refractivity contribution is 9.10. The number of hydrogen-bond acceptors (Lipinski definition) is 4. The number of rotatable bonds is 2. The van der Waals surface area contributed by atoms with Crippen LogP contribution in [0.3, 0.4) is 0 Å². The van der Waals surface area contributed by atoms with Crippen molar-refractivity contribution in [3.05, 3.63) is 58.5 Å². The molecular formula is C15H11BrN4O. The summed E-state index contributed by atoms with van der Waals surface area (Å²) in [6.45, 7) is 1.97. The predicted molar refractivity (Wildman–Crippen MR) is 84.2 cm³/mol. The maximum atomic E-state index is 12.2. The zero-order valence-corrected chi connectivity index (χ0v) is 12.8. The summed E-state index contributed by atoms with van der Waals surface area (Å²) in [6, 6.07) is 7.31. The van der Waals surface area contributed by atoms with E-state index in [0.717, 1.165) is 15.7 Å². The van der Waals surface area contributed by atoms with E-state index < -0.39 is 0 Å². The summed E-state index contributed by atoms with van der Waals surface area (Å²) in [5.74, 6) is -0.225. The molecule has 0 aliphatic rings. The van der Waals surface area contributed by atoms with Crippen LogP contribution in [-0.2, 0) is 0 Å². The Morgan fingerprint density at radius 3 is 2.76 bits per heavy atom. The molecule has 1 N–H and O–H groups in total. The molecule has 0 radical (unpaired) electrons. The number of halogens is 1. The summed E-state index contributed by atoms with van der Waals surface area (Å²) in [5.41, 5.74) is 3.35. The first-order valence-corrected chi connectivity index (χ1v) is 7.07. The average Bonchev–Trinajstić information content (AvgIpc) is 2.50. The maximum Gasteiger partial charge on any atom is 0.257 e. The molecule has 0 atom stereocenters. The highest BCUT2D eigenvalue weighted by Gasteiger charge is 2.09. The predicted octanol–water partition coefficient (Wildman–Crippen LogP) is 3.35. The van der Waals surface area contributed by atoms with Crippen LogP contribution in [-0.4, -0.2) is 20.9 Å². The van der Waals surface area contributed by atoms with Crippen LogP contribution in [0.5, 0.6) is 0 Å². The Morgan fingerprint density at radius 2 is 1.95 bits per heavy atom. The first-order valence-electron chi connectivity index (χ1n) is 6.28. The third-order valence-electron chi connectivity index (χ3n) is 3.00. The number of hydrogen-bond donors (Lipinski definition) is 1. The zero-order chi connectivity index (χ0) is 14.8. The number of anilines is 1. The third kappa shape index (κ3) is 2.90. The number of pyridine rings is 1. The molecule has 0 saturated carbocycles. The average molecular weight is 343 g/mol. The lowest BCUT2D eigenvalue weighted by Gasteiger charge is -2.07. The Balaban J connectivity index is 1.87. The van der Waals surface area contributed by atoms with Gasteiger partial charge < -0.3 is 5.32 Å². The SMILES string of the molecule is Cc1cc(NC(=O)c2cnc3nccnc3c2)ccc1Br. The van der Waals surface area contributed by atoms with Gasteiger partial charge in [-0.15, -0.1) is 0 Å². The zero-order valence-electron chi connectivity index (χ0n) is 11.2. The molecule has 104 valence electrons. The second-order valence-corrected chi connectivity index (χ2v) is 5.40. The van der Waals surface area contributed by atoms with E-state index in [2.05, 4.69) is 36.2 Å². The van der Waals surface area contributed by atoms with Gasteiger partial charge in [-0.3, -0.25) is 9.78 Å². The van der Waals surface area contributed by atoms with Crippen molar-refractivity contribution in [2.45, 2.75) is 6.92 Å². The smallest absolute Gasteiger partial charge is 0.257 e. The van der Waals surface area contributed by atoms with Gasteiger partial charge in [-0.2, -0.15) is 0 Å². The molecule has 0 unspecified atom stereocenters. The normalized spacial score (nSPS) is 10.6. The quantitative estimate of drug-likeness (QED) is 0.775. The van der Waals surface area contributed by atoms with E-state index in [1.807, 2.05) is 25.1 Å². The fourth-order valence-electron chi connectivity index (χ4n) is 1.91. The first-order chi connectivity index (χ1) is 10.1. The summed E-state index contributed by atoms with van der Waals surface area (Å²) >= 11 is 3.43. The number of aryl methyl sites for hydroxylation is 1. The van der Waals surface area contributed by atoms with Crippen molar-refractivity contribution in [1.82, 2.24) is 15.0 Å². The van der Waals surface area contributed by atoms with Crippen LogP contribution in [0.4, 0.5) is 5.69 Å². The van der Waals surface area contributed by atoms with Crippen LogP contribution in [0.15, 0.2) is 47.3 Å². The molecular weight excluding hydrogens is 332 g/mol. The molecule has 0 aliphatic carbocycles. The minimum atomic E-state index is -0.225. The van der Waals surface area contributed by atoms with E-state index in [1.54, 1.807) is 18.5 Å². The number of carbonyl (C=O) groups excluding carboxylic acids is 1. The molecule has 1 amide bonds. The Morgan fingerprint density at radius 1 is 1.14 bits per heavy atom. The van der Waals surface area contributed by atoms with Gasteiger partial charge in [-0.05, 0) is 36.8 Å². The molecule has 0 aliphatic heterocycles. The van der Waals surface area contributed by atoms with Crippen molar-refractivity contribution in [1.29, 1.82) is 0 Å². The van der Waals surface area contributed by atoms with Gasteiger partial charge in [-0.25, -0.2) is 9.97 Å². The summed E-state index contributed by atoms with van der Waals surface area (Å²) in [7, 11) is 0. The van der Waals surface area contributed by atoms with Crippen LogP contribution in [0.25, 0.3) is 11.2 Å². The number of carbonyl (C=O) groups is 1. The topological polar surface area (TPSA) is 67.8 Å². The molecule has 2 heterocycles. The number of nitrogens with zero attached hydrogens (tertiary/aromatic N) is 3. The molecule has 1 aromatic carbocycles. The molecule has 0 saturated heterocycles. The van der Waals surface area contributed by atoms with Crippen LogP contribution in [0.2, 0.25) is 0 Å². The van der Waals surface area contributed by atoms with Crippen molar-refractivity contribution < 1.29 is 4.79 Å². The minimum Gasteiger partial charge on any atom is -0.322 e. The van der Waals surface area contributed by atoms with Crippen LogP contribution >= 0.6 is 15.9 Å². The Bertz CT molecular complexity index is 835. The largest absolute Gasteiger partial charge is 0.322 e. The van der Waals surface area contributed by atoms with Crippen molar-refractivity contribution in [3.63, 3.8) is 0 Å². The first kappa shape index (κ1) is 13.6. The fourth-order valence-corrected chi connectivity index (χ4v) is 2.15. The monoisotopic (exact) mass is 342 g/mol. The molecule has 21 heavy (non-hydrogen) atoms. The van der Waals surface area contributed by atoms with Crippen LogP contribution < -0.4 is 5.32 Å². The van der Waals surface area contributed by atoms with E-state index in [9.17, 15) is 4.79 Å². The lowest BCUT2D eigenvalue weighted by Crippen LogP contribution is -2.12. The standard InChI is InChI=1S/C15H11BrN4O/c1-9-6-11(2-3-12(9)16)20-15(21)10-7-13-14(19-8-10)18-5-4-17-13/h2-8H,1H3,(H,20,21). The highest BCUT2D eigenvalue weighted by atomic mass is 79.9. The van der Waals surface area contributed by atoms with Gasteiger partial charge in [0.1, 0.15) is 5.52 Å². The third-order valence-corrected chi connectivity index (χ3v) is 3.89. The fraction of sp³-hybridized carbons (Fsp3) is 0.0667. The molecule has 0 fully saturated rings. The molecule has 3 rings (SSSR count). The number of benzene rings is 1. The van der Waals surface area contributed by atoms with E-state index in [1.165, 1.54) is 6.20 Å². The number of aromatic nitrogens is 3. The summed E-state index contributed by atoms with van der Waals surface area (Å²) in [5, 5.41) is 2.84. The second-order valence-electron chi connectivity index (χ2n) is 4.54. The number of fused-ring (bicyclic) bond motifs is 1. The van der Waals surface area contributed by atoms with Crippen molar-refractivity contribution in [2.75, 3.05) is 5.32 Å². The van der Waals surface area contributed by atoms with Crippen molar-refractivity contribution in [2.24, 2.45) is 0 Å². The summed E-state index contributed by atoms with van der Waals surface area (Å²) in [4.78, 5) is 24.6. The number of nitrogens with one attached hydrogen (secondary N) is 1. The number of amides is 1. The van der Waals surface area contributed by atoms with Crippen molar-refractivity contribution in [3.8, 4) is 0 Å². The molecule has 2 aromatic heterocycles. The molecule has 0 spiro atoms. The van der Waals surface area contributed by atoms with E-state index >= 15 is 0 Å². The van der Waals surface area contributed by atoms with Gasteiger partial charge >= 0.3 is 0 Å². The van der Waals surface area contributed by atoms with Gasteiger partial charge in [0.25, 0.3) is 5.91 Å². The van der Waals surface area contributed by atoms with E-state index in [-0.39, 0.29) is 5.91 Å². The van der Waals surface area contributed by atoms with Gasteiger partial charge in [0.05, 0.1) is 5.56 Å². The molecule has 5 nitrogen and oxygen atoms in total. The highest BCUT2D eigenvalue weighted by Crippen LogP contribution is 2.20. The second kappa shape index (κ2) is 5.57. The van der Waals surface area contributed by atoms with Gasteiger partial charge in [-0.1, -0.05) is 15.9 Å². The van der Waals surface area contributed by atoms with Gasteiger partial charge in [0, 0.05) is 28.8 Å². The minimum absolute atomic E-state index is 0.225. The Labute approximate surface area is 129 Å². The Hall–Kier alpha value is -2.34. The van der Waals surface area contributed by atoms with Crippen LogP contribution in [0.1, 0.15) is 15.9 Å². The molecule has 0 bridgehead atoms. The summed E-state index contributed by atoms with van der Waals surface area (Å²) in [6.07, 6.45) is 4.64. The van der Waals surface area contributed by atoms with Gasteiger partial charge in [0.2, 0.25) is 0 Å². The maximum absolute atomic E-state index is 12.2.